The zero-order chi connectivity index (χ0) is 14.7. The molecule has 0 saturated carbocycles. The number of nitrogens with two attached hydrogens (primary N) is 1. The number of anilines is 2. The van der Waals surface area contributed by atoms with Crippen molar-refractivity contribution in [3.05, 3.63) is 51.8 Å². The summed E-state index contributed by atoms with van der Waals surface area (Å²) in [6, 6.07) is 8.81. The molecule has 0 aliphatic carbocycles. The van der Waals surface area contributed by atoms with Crippen molar-refractivity contribution >= 4 is 40.5 Å². The van der Waals surface area contributed by atoms with Gasteiger partial charge in [-0.2, -0.15) is 0 Å². The van der Waals surface area contributed by atoms with Crippen LogP contribution >= 0.6 is 23.2 Å². The molecule has 2 rings (SSSR count). The van der Waals surface area contributed by atoms with Gasteiger partial charge in [0.05, 0.1) is 12.1 Å². The molecule has 0 spiro atoms. The summed E-state index contributed by atoms with van der Waals surface area (Å²) in [6.45, 7) is 1.80. The molecule has 0 atom stereocenters. The number of rotatable bonds is 3. The van der Waals surface area contributed by atoms with E-state index in [1.165, 1.54) is 0 Å². The van der Waals surface area contributed by atoms with Gasteiger partial charge in [0.25, 0.3) is 0 Å². The lowest BCUT2D eigenvalue weighted by atomic mass is 10.1. The Balaban J connectivity index is 2.13. The summed E-state index contributed by atoms with van der Waals surface area (Å²) in [6.07, 6.45) is 0.212. The zero-order valence-corrected chi connectivity index (χ0v) is 12.3. The second-order valence-electron chi connectivity index (χ2n) is 4.40. The first-order valence-electron chi connectivity index (χ1n) is 5.92. The predicted octanol–water partition coefficient (Wildman–Crippen LogP) is 3.46. The molecule has 0 saturated heterocycles. The van der Waals surface area contributed by atoms with E-state index in [1.807, 2.05) is 6.07 Å². The topological polar surface area (TPSA) is 68.0 Å². The Morgan fingerprint density at radius 2 is 2.10 bits per heavy atom. The van der Waals surface area contributed by atoms with E-state index < -0.39 is 0 Å². The average Bonchev–Trinajstić information content (AvgIpc) is 2.33. The monoisotopic (exact) mass is 309 g/mol. The second-order valence-corrected chi connectivity index (χ2v) is 5.14. The summed E-state index contributed by atoms with van der Waals surface area (Å²) < 4.78 is 0. The van der Waals surface area contributed by atoms with Gasteiger partial charge in [-0.3, -0.25) is 4.79 Å². The van der Waals surface area contributed by atoms with Crippen LogP contribution in [0.2, 0.25) is 10.3 Å². The summed E-state index contributed by atoms with van der Waals surface area (Å²) in [5.41, 5.74) is 8.37. The lowest BCUT2D eigenvalue weighted by Crippen LogP contribution is -2.16. The molecule has 4 nitrogen and oxygen atoms in total. The van der Waals surface area contributed by atoms with Gasteiger partial charge in [0.1, 0.15) is 5.15 Å². The first-order chi connectivity index (χ1) is 9.45. The molecule has 0 unspecified atom stereocenters. The molecule has 0 aliphatic heterocycles. The Labute approximate surface area is 126 Å². The summed E-state index contributed by atoms with van der Waals surface area (Å²) >= 11 is 11.8. The van der Waals surface area contributed by atoms with Crippen molar-refractivity contribution in [3.63, 3.8) is 0 Å². The van der Waals surface area contributed by atoms with Crippen LogP contribution in [0.15, 0.2) is 30.3 Å². The van der Waals surface area contributed by atoms with Crippen LogP contribution in [0.5, 0.6) is 0 Å². The van der Waals surface area contributed by atoms with E-state index in [0.717, 1.165) is 11.1 Å². The zero-order valence-electron chi connectivity index (χ0n) is 10.8. The maximum absolute atomic E-state index is 12.0. The van der Waals surface area contributed by atoms with Crippen molar-refractivity contribution in [2.45, 2.75) is 13.3 Å². The minimum absolute atomic E-state index is 0.177. The van der Waals surface area contributed by atoms with Gasteiger partial charge < -0.3 is 11.1 Å². The number of halogens is 2. The first kappa shape index (κ1) is 14.6. The normalized spacial score (nSPS) is 10.3. The van der Waals surface area contributed by atoms with Crippen molar-refractivity contribution in [1.29, 1.82) is 0 Å². The molecule has 0 bridgehead atoms. The largest absolute Gasteiger partial charge is 0.399 e. The Morgan fingerprint density at radius 3 is 2.75 bits per heavy atom. The summed E-state index contributed by atoms with van der Waals surface area (Å²) in [5.74, 6) is -0.190. The fraction of sp³-hybridized carbons (Fsp3) is 0.143. The lowest BCUT2D eigenvalue weighted by molar-refractivity contribution is -0.115. The van der Waals surface area contributed by atoms with Crippen LogP contribution in [0.3, 0.4) is 0 Å². The number of pyridine rings is 1. The number of aryl methyl sites for hydroxylation is 1. The van der Waals surface area contributed by atoms with Gasteiger partial charge in [-0.05, 0) is 36.2 Å². The van der Waals surface area contributed by atoms with Crippen molar-refractivity contribution in [2.75, 3.05) is 11.1 Å². The maximum atomic E-state index is 12.0. The molecule has 1 heterocycles. The second kappa shape index (κ2) is 6.11. The van der Waals surface area contributed by atoms with Crippen LogP contribution in [0.1, 0.15) is 11.1 Å². The van der Waals surface area contributed by atoms with Crippen LogP contribution in [0.4, 0.5) is 11.4 Å². The van der Waals surface area contributed by atoms with E-state index >= 15 is 0 Å². The van der Waals surface area contributed by atoms with E-state index in [4.69, 9.17) is 28.9 Å². The SMILES string of the molecule is Cc1cc(Cl)nc(Cl)c1NC(=O)Cc1cccc(N)c1. The minimum Gasteiger partial charge on any atom is -0.399 e. The quantitative estimate of drug-likeness (QED) is 0.674. The van der Waals surface area contributed by atoms with Gasteiger partial charge in [-0.25, -0.2) is 4.98 Å². The van der Waals surface area contributed by atoms with Gasteiger partial charge in [0.15, 0.2) is 5.15 Å². The predicted molar refractivity (Wildman–Crippen MR) is 82.2 cm³/mol. The summed E-state index contributed by atoms with van der Waals surface area (Å²) in [7, 11) is 0. The molecule has 104 valence electrons. The number of carbonyl (C=O) groups is 1. The fourth-order valence-electron chi connectivity index (χ4n) is 1.82. The van der Waals surface area contributed by atoms with Crippen molar-refractivity contribution < 1.29 is 4.79 Å². The van der Waals surface area contributed by atoms with Crippen LogP contribution < -0.4 is 11.1 Å². The highest BCUT2D eigenvalue weighted by molar-refractivity contribution is 6.34. The number of hydrogen-bond donors (Lipinski definition) is 2. The van der Waals surface area contributed by atoms with Crippen LogP contribution in [-0.4, -0.2) is 10.9 Å². The number of aromatic nitrogens is 1. The van der Waals surface area contributed by atoms with E-state index in [1.54, 1.807) is 31.2 Å². The highest BCUT2D eigenvalue weighted by Crippen LogP contribution is 2.26. The van der Waals surface area contributed by atoms with Gasteiger partial charge in [-0.15, -0.1) is 0 Å². The van der Waals surface area contributed by atoms with Crippen LogP contribution in [-0.2, 0) is 11.2 Å². The summed E-state index contributed by atoms with van der Waals surface area (Å²) in [5, 5.41) is 3.21. The highest BCUT2D eigenvalue weighted by Gasteiger charge is 2.11. The lowest BCUT2D eigenvalue weighted by Gasteiger charge is -2.10. The highest BCUT2D eigenvalue weighted by atomic mass is 35.5. The van der Waals surface area contributed by atoms with E-state index in [2.05, 4.69) is 10.3 Å². The molecule has 1 amide bonds. The van der Waals surface area contributed by atoms with Gasteiger partial charge in [0, 0.05) is 5.69 Å². The van der Waals surface area contributed by atoms with Crippen LogP contribution in [0.25, 0.3) is 0 Å². The average molecular weight is 310 g/mol. The molecule has 0 radical (unpaired) electrons. The fourth-order valence-corrected chi connectivity index (χ4v) is 2.40. The number of hydrogen-bond acceptors (Lipinski definition) is 3. The van der Waals surface area contributed by atoms with Gasteiger partial charge >= 0.3 is 0 Å². The van der Waals surface area contributed by atoms with E-state index in [-0.39, 0.29) is 17.5 Å². The molecule has 0 aliphatic rings. The Hall–Kier alpha value is -1.78. The van der Waals surface area contributed by atoms with Gasteiger partial charge in [0.2, 0.25) is 5.91 Å². The Morgan fingerprint density at radius 1 is 1.35 bits per heavy atom. The molecule has 6 heteroatoms. The molecule has 3 N–H and O–H groups in total. The smallest absolute Gasteiger partial charge is 0.228 e. The standard InChI is InChI=1S/C14H13Cl2N3O/c1-8-5-11(15)18-14(16)13(8)19-12(20)7-9-3-2-4-10(17)6-9/h2-6H,7,17H2,1H3,(H,19,20). The Kier molecular flexibility index (Phi) is 4.47. The maximum Gasteiger partial charge on any atom is 0.228 e. The third-order valence-corrected chi connectivity index (χ3v) is 3.19. The van der Waals surface area contributed by atoms with E-state index in [9.17, 15) is 4.79 Å². The third-order valence-electron chi connectivity index (χ3n) is 2.72. The molecule has 1 aromatic heterocycles. The van der Waals surface area contributed by atoms with Gasteiger partial charge in [-0.1, -0.05) is 35.3 Å². The van der Waals surface area contributed by atoms with Crippen molar-refractivity contribution in [3.8, 4) is 0 Å². The molecule has 20 heavy (non-hydrogen) atoms. The number of nitrogens with zero attached hydrogens (tertiary/aromatic N) is 1. The number of amides is 1. The first-order valence-corrected chi connectivity index (χ1v) is 6.68. The number of nitrogen functional groups attached to an aromatic ring is 1. The third kappa shape index (κ3) is 3.62. The number of benzene rings is 1. The molecule has 2 aromatic rings. The number of nitrogens with one attached hydrogen (secondary N) is 1. The number of carbonyl (C=O) groups excluding carboxylic acids is 1. The molecular formula is C14H13Cl2N3O. The minimum atomic E-state index is -0.190. The molecule has 0 fully saturated rings. The summed E-state index contributed by atoms with van der Waals surface area (Å²) in [4.78, 5) is 15.9. The van der Waals surface area contributed by atoms with Crippen LogP contribution in [0, 0.1) is 6.92 Å². The molecular weight excluding hydrogens is 297 g/mol. The Bertz CT molecular complexity index is 636. The van der Waals surface area contributed by atoms with E-state index in [0.29, 0.717) is 16.5 Å². The van der Waals surface area contributed by atoms with Crippen molar-refractivity contribution in [2.24, 2.45) is 0 Å². The molecule has 1 aromatic carbocycles. The van der Waals surface area contributed by atoms with Crippen molar-refractivity contribution in [1.82, 2.24) is 4.98 Å².